The van der Waals surface area contributed by atoms with Gasteiger partial charge in [0.05, 0.1) is 18.8 Å². The second kappa shape index (κ2) is 7.33. The molecule has 7 heteroatoms. The zero-order valence-corrected chi connectivity index (χ0v) is 15.7. The maximum absolute atomic E-state index is 12.0. The number of hydrogen-bond donors (Lipinski definition) is 3. The van der Waals surface area contributed by atoms with E-state index in [1.807, 2.05) is 24.3 Å². The Kier molecular flexibility index (Phi) is 4.87. The number of carbonyl (C=O) groups excluding carboxylic acids is 1. The second-order valence-corrected chi connectivity index (χ2v) is 7.34. The van der Waals surface area contributed by atoms with E-state index in [2.05, 4.69) is 10.2 Å². The highest BCUT2D eigenvalue weighted by Crippen LogP contribution is 2.41. The van der Waals surface area contributed by atoms with Crippen molar-refractivity contribution in [2.24, 2.45) is 0 Å². The van der Waals surface area contributed by atoms with Gasteiger partial charge in [-0.1, -0.05) is 24.3 Å². The van der Waals surface area contributed by atoms with Crippen LogP contribution in [0.5, 0.6) is 17.2 Å². The van der Waals surface area contributed by atoms with E-state index in [9.17, 15) is 15.0 Å². The molecule has 148 valence electrons. The first kappa shape index (κ1) is 18.6. The number of likely N-dealkylation sites (tertiary alicyclic amines) is 1. The Labute approximate surface area is 163 Å². The predicted octanol–water partition coefficient (Wildman–Crippen LogP) is 2.53. The number of ether oxygens (including phenoxy) is 2. The Morgan fingerprint density at radius 2 is 2.00 bits per heavy atom. The summed E-state index contributed by atoms with van der Waals surface area (Å²) in [6.07, 6.45) is 0.336. The van der Waals surface area contributed by atoms with Crippen molar-refractivity contribution in [2.75, 3.05) is 26.7 Å². The smallest absolute Gasteiger partial charge is 0.413 e. The zero-order chi connectivity index (χ0) is 19.7. The van der Waals surface area contributed by atoms with E-state index >= 15 is 0 Å². The van der Waals surface area contributed by atoms with Gasteiger partial charge in [0.2, 0.25) is 0 Å². The lowest BCUT2D eigenvalue weighted by Gasteiger charge is -2.45. The average Bonchev–Trinajstić information content (AvgIpc) is 2.69. The summed E-state index contributed by atoms with van der Waals surface area (Å²) in [6.45, 7) is 1.91. The summed E-state index contributed by atoms with van der Waals surface area (Å²) >= 11 is 0. The lowest BCUT2D eigenvalue weighted by Crippen LogP contribution is -2.56. The molecule has 2 aromatic rings. The van der Waals surface area contributed by atoms with Gasteiger partial charge in [-0.3, -0.25) is 0 Å². The number of aliphatic hydroxyl groups is 1. The molecule has 1 fully saturated rings. The Hall–Kier alpha value is -2.77. The van der Waals surface area contributed by atoms with Crippen molar-refractivity contribution < 1.29 is 24.5 Å². The van der Waals surface area contributed by atoms with Crippen LogP contribution in [0.2, 0.25) is 0 Å². The molecule has 0 saturated carbocycles. The molecule has 1 spiro atoms. The molecule has 28 heavy (non-hydrogen) atoms. The molecule has 3 N–H and O–H groups in total. The number of fused-ring (bicyclic) bond motifs is 2. The number of carbonyl (C=O) groups is 1. The van der Waals surface area contributed by atoms with E-state index in [-0.39, 0.29) is 5.75 Å². The van der Waals surface area contributed by atoms with Gasteiger partial charge >= 0.3 is 6.09 Å². The highest BCUT2D eigenvalue weighted by Gasteiger charge is 2.43. The number of nitrogens with zero attached hydrogens (tertiary/aromatic N) is 1. The van der Waals surface area contributed by atoms with Gasteiger partial charge in [-0.15, -0.1) is 0 Å². The molecule has 0 aromatic heterocycles. The van der Waals surface area contributed by atoms with Crippen LogP contribution in [0.1, 0.15) is 30.1 Å². The van der Waals surface area contributed by atoms with Crippen molar-refractivity contribution in [2.45, 2.75) is 24.5 Å². The van der Waals surface area contributed by atoms with E-state index in [1.165, 1.54) is 13.2 Å². The Morgan fingerprint density at radius 3 is 2.71 bits per heavy atom. The molecule has 2 heterocycles. The van der Waals surface area contributed by atoms with Gasteiger partial charge in [-0.05, 0) is 36.6 Å². The standard InChI is InChI=1S/C21H24N2O5/c1-27-19-7-6-14(12-16(19)24)17(25)13-23-10-8-21(9-11-23)15-4-2-3-5-18(15)28-20(26)22-21/h2-7,12,17,24-25H,8-11,13H2,1H3,(H,22,26). The molecule has 1 saturated heterocycles. The molecule has 0 bridgehead atoms. The van der Waals surface area contributed by atoms with E-state index in [0.29, 0.717) is 23.6 Å². The van der Waals surface area contributed by atoms with Crippen LogP contribution < -0.4 is 14.8 Å². The van der Waals surface area contributed by atoms with Crippen LogP contribution >= 0.6 is 0 Å². The normalized spacial score (nSPS) is 19.4. The van der Waals surface area contributed by atoms with Crippen molar-refractivity contribution >= 4 is 6.09 Å². The summed E-state index contributed by atoms with van der Waals surface area (Å²) in [4.78, 5) is 14.2. The number of para-hydroxylation sites is 1. The van der Waals surface area contributed by atoms with Crippen LogP contribution in [0.25, 0.3) is 0 Å². The first-order chi connectivity index (χ1) is 13.5. The van der Waals surface area contributed by atoms with Crippen molar-refractivity contribution in [3.05, 3.63) is 53.6 Å². The van der Waals surface area contributed by atoms with Crippen molar-refractivity contribution in [1.82, 2.24) is 10.2 Å². The number of rotatable bonds is 4. The minimum atomic E-state index is -0.720. The molecule has 2 aliphatic rings. The summed E-state index contributed by atoms with van der Waals surface area (Å²) in [7, 11) is 1.49. The van der Waals surface area contributed by atoms with Crippen LogP contribution in [0.4, 0.5) is 4.79 Å². The van der Waals surface area contributed by atoms with Crippen LogP contribution in [0, 0.1) is 0 Å². The van der Waals surface area contributed by atoms with Gasteiger partial charge in [0.25, 0.3) is 0 Å². The number of β-amino-alcohol motifs (C(OH)–C–C–N with tert-alkyl or cyclic N) is 1. The zero-order valence-electron chi connectivity index (χ0n) is 15.7. The van der Waals surface area contributed by atoms with Crippen LogP contribution in [-0.2, 0) is 5.54 Å². The SMILES string of the molecule is COc1ccc(C(O)CN2CCC3(CC2)NC(=O)Oc2ccccc23)cc1O. The quantitative estimate of drug-likeness (QED) is 0.750. The third kappa shape index (κ3) is 3.39. The molecule has 2 aliphatic heterocycles. The summed E-state index contributed by atoms with van der Waals surface area (Å²) in [5.74, 6) is 1.01. The molecule has 0 aliphatic carbocycles. The second-order valence-electron chi connectivity index (χ2n) is 7.34. The fourth-order valence-electron chi connectivity index (χ4n) is 4.12. The van der Waals surface area contributed by atoms with Crippen LogP contribution in [0.15, 0.2) is 42.5 Å². The fraction of sp³-hybridized carbons (Fsp3) is 0.381. The molecular weight excluding hydrogens is 360 g/mol. The van der Waals surface area contributed by atoms with Gasteiger partial charge in [0.1, 0.15) is 5.75 Å². The van der Waals surface area contributed by atoms with E-state index < -0.39 is 17.7 Å². The Morgan fingerprint density at radius 1 is 1.25 bits per heavy atom. The van der Waals surface area contributed by atoms with E-state index in [4.69, 9.17) is 9.47 Å². The molecule has 7 nitrogen and oxygen atoms in total. The Balaban J connectivity index is 1.43. The molecule has 1 amide bonds. The third-order valence-electron chi connectivity index (χ3n) is 5.68. The molecule has 1 atom stereocenters. The summed E-state index contributed by atoms with van der Waals surface area (Å²) in [5.41, 5.74) is 1.23. The number of aromatic hydroxyl groups is 1. The fourth-order valence-corrected chi connectivity index (χ4v) is 4.12. The average molecular weight is 384 g/mol. The molecule has 1 unspecified atom stereocenters. The number of phenols is 1. The van der Waals surface area contributed by atoms with Crippen LogP contribution in [0.3, 0.4) is 0 Å². The topological polar surface area (TPSA) is 91.3 Å². The third-order valence-corrected chi connectivity index (χ3v) is 5.68. The summed E-state index contributed by atoms with van der Waals surface area (Å²) in [6, 6.07) is 12.6. The van der Waals surface area contributed by atoms with E-state index in [0.717, 1.165) is 31.5 Å². The Bertz CT molecular complexity index is 877. The van der Waals surface area contributed by atoms with Gasteiger partial charge < -0.3 is 29.9 Å². The van der Waals surface area contributed by atoms with Gasteiger partial charge in [-0.25, -0.2) is 4.79 Å². The maximum Gasteiger partial charge on any atom is 0.413 e. The maximum atomic E-state index is 12.0. The highest BCUT2D eigenvalue weighted by atomic mass is 16.6. The number of piperidine rings is 1. The largest absolute Gasteiger partial charge is 0.504 e. The number of benzene rings is 2. The minimum Gasteiger partial charge on any atom is -0.504 e. The first-order valence-corrected chi connectivity index (χ1v) is 9.37. The molecule has 2 aromatic carbocycles. The van der Waals surface area contributed by atoms with Gasteiger partial charge in [0, 0.05) is 25.2 Å². The predicted molar refractivity (Wildman–Crippen MR) is 103 cm³/mol. The van der Waals surface area contributed by atoms with E-state index in [1.54, 1.807) is 12.1 Å². The summed E-state index contributed by atoms with van der Waals surface area (Å²) in [5, 5.41) is 23.5. The lowest BCUT2D eigenvalue weighted by molar-refractivity contribution is 0.0670. The number of hydrogen-bond acceptors (Lipinski definition) is 6. The number of phenolic OH excluding ortho intramolecular Hbond substituents is 1. The highest BCUT2D eigenvalue weighted by molar-refractivity contribution is 5.75. The van der Waals surface area contributed by atoms with Crippen molar-refractivity contribution in [1.29, 1.82) is 0 Å². The van der Waals surface area contributed by atoms with Crippen molar-refractivity contribution in [3.63, 3.8) is 0 Å². The van der Waals surface area contributed by atoms with Crippen LogP contribution in [-0.4, -0.2) is 48.0 Å². The molecule has 4 rings (SSSR count). The summed E-state index contributed by atoms with van der Waals surface area (Å²) < 4.78 is 10.3. The number of amides is 1. The molecule has 0 radical (unpaired) electrons. The van der Waals surface area contributed by atoms with Crippen molar-refractivity contribution in [3.8, 4) is 17.2 Å². The van der Waals surface area contributed by atoms with Gasteiger partial charge in [0.15, 0.2) is 11.5 Å². The monoisotopic (exact) mass is 384 g/mol. The number of aliphatic hydroxyl groups excluding tert-OH is 1. The van der Waals surface area contributed by atoms with Gasteiger partial charge in [-0.2, -0.15) is 0 Å². The minimum absolute atomic E-state index is 0.0122. The number of methoxy groups -OCH3 is 1. The lowest BCUT2D eigenvalue weighted by atomic mass is 9.79. The first-order valence-electron chi connectivity index (χ1n) is 9.37. The molecular formula is C21H24N2O5. The number of nitrogens with one attached hydrogen (secondary N) is 1.